The van der Waals surface area contributed by atoms with Gasteiger partial charge in [0.1, 0.15) is 5.75 Å². The molecule has 2 aromatic rings. The average molecular weight is 374 g/mol. The van der Waals surface area contributed by atoms with Crippen molar-refractivity contribution in [2.24, 2.45) is 0 Å². The fourth-order valence-electron chi connectivity index (χ4n) is 3.03. The average Bonchev–Trinajstić information content (AvgIpc) is 3.00. The van der Waals surface area contributed by atoms with Crippen LogP contribution in [0.5, 0.6) is 5.75 Å². The summed E-state index contributed by atoms with van der Waals surface area (Å²) in [5.74, 6) is 0.860. The Morgan fingerprint density at radius 2 is 1.85 bits per heavy atom. The molecule has 0 bridgehead atoms. The first kappa shape index (κ1) is 18.3. The molecule has 0 saturated carbocycles. The van der Waals surface area contributed by atoms with Crippen molar-refractivity contribution in [2.45, 2.75) is 19.0 Å². The highest BCUT2D eigenvalue weighted by Gasteiger charge is 2.34. The highest BCUT2D eigenvalue weighted by atomic mass is 32.2. The molecule has 2 aromatic carbocycles. The highest BCUT2D eigenvalue weighted by Crippen LogP contribution is 2.22. The lowest BCUT2D eigenvalue weighted by Crippen LogP contribution is -2.43. The number of nitrogens with one attached hydrogen (secondary N) is 1. The van der Waals surface area contributed by atoms with Gasteiger partial charge in [0, 0.05) is 18.3 Å². The molecule has 26 heavy (non-hydrogen) atoms. The minimum absolute atomic E-state index is 0.00532. The van der Waals surface area contributed by atoms with Gasteiger partial charge in [-0.2, -0.15) is 0 Å². The van der Waals surface area contributed by atoms with Crippen LogP contribution in [-0.4, -0.2) is 44.0 Å². The molecule has 0 aliphatic carbocycles. The second kappa shape index (κ2) is 7.78. The molecule has 1 aliphatic rings. The number of methoxy groups -OCH3 is 1. The molecular weight excluding hydrogens is 352 g/mol. The number of benzene rings is 2. The number of carbonyl (C=O) groups excluding carboxylic acids is 1. The SMILES string of the molecule is COc1ccc(CN(C(=O)Nc2ccccc2)C2CCS(=O)(=O)C2)cc1. The van der Waals surface area contributed by atoms with Gasteiger partial charge in [0.25, 0.3) is 0 Å². The van der Waals surface area contributed by atoms with Crippen LogP contribution < -0.4 is 10.1 Å². The zero-order valence-corrected chi connectivity index (χ0v) is 15.4. The Morgan fingerprint density at radius 3 is 2.42 bits per heavy atom. The van der Waals surface area contributed by atoms with Crippen molar-refractivity contribution in [1.29, 1.82) is 0 Å². The minimum atomic E-state index is -3.09. The topological polar surface area (TPSA) is 75.7 Å². The van der Waals surface area contributed by atoms with E-state index in [2.05, 4.69) is 5.32 Å². The lowest BCUT2D eigenvalue weighted by atomic mass is 10.1. The summed E-state index contributed by atoms with van der Waals surface area (Å²) < 4.78 is 28.9. The summed E-state index contributed by atoms with van der Waals surface area (Å²) >= 11 is 0. The van der Waals surface area contributed by atoms with E-state index in [1.54, 1.807) is 24.1 Å². The number of rotatable bonds is 5. The van der Waals surface area contributed by atoms with E-state index in [0.29, 0.717) is 18.7 Å². The third-order valence-electron chi connectivity index (χ3n) is 4.45. The van der Waals surface area contributed by atoms with Crippen LogP contribution in [-0.2, 0) is 16.4 Å². The maximum absolute atomic E-state index is 12.8. The molecule has 1 heterocycles. The minimum Gasteiger partial charge on any atom is -0.497 e. The molecule has 2 amide bonds. The second-order valence-corrected chi connectivity index (χ2v) is 8.56. The Morgan fingerprint density at radius 1 is 1.15 bits per heavy atom. The van der Waals surface area contributed by atoms with Gasteiger partial charge in [0.15, 0.2) is 9.84 Å². The maximum Gasteiger partial charge on any atom is 0.322 e. The summed E-state index contributed by atoms with van der Waals surface area (Å²) in [5, 5.41) is 2.86. The third kappa shape index (κ3) is 4.54. The van der Waals surface area contributed by atoms with Crippen LogP contribution in [0.2, 0.25) is 0 Å². The van der Waals surface area contributed by atoms with Crippen molar-refractivity contribution in [1.82, 2.24) is 4.90 Å². The quantitative estimate of drug-likeness (QED) is 0.873. The summed E-state index contributed by atoms with van der Waals surface area (Å²) in [6.07, 6.45) is 0.459. The number of hydrogen-bond acceptors (Lipinski definition) is 4. The largest absolute Gasteiger partial charge is 0.497 e. The van der Waals surface area contributed by atoms with E-state index in [0.717, 1.165) is 11.3 Å². The number of amides is 2. The predicted octanol–water partition coefficient (Wildman–Crippen LogP) is 2.92. The van der Waals surface area contributed by atoms with E-state index < -0.39 is 9.84 Å². The molecule has 0 spiro atoms. The van der Waals surface area contributed by atoms with Gasteiger partial charge in [-0.05, 0) is 36.2 Å². The zero-order valence-electron chi connectivity index (χ0n) is 14.6. The van der Waals surface area contributed by atoms with Crippen molar-refractivity contribution in [3.05, 3.63) is 60.2 Å². The van der Waals surface area contributed by atoms with Gasteiger partial charge in [-0.25, -0.2) is 13.2 Å². The van der Waals surface area contributed by atoms with Gasteiger partial charge in [-0.15, -0.1) is 0 Å². The third-order valence-corrected chi connectivity index (χ3v) is 6.20. The van der Waals surface area contributed by atoms with E-state index in [4.69, 9.17) is 4.74 Å². The van der Waals surface area contributed by atoms with Gasteiger partial charge < -0.3 is 15.0 Å². The van der Waals surface area contributed by atoms with Gasteiger partial charge in [0.2, 0.25) is 0 Å². The Balaban J connectivity index is 1.79. The molecule has 1 unspecified atom stereocenters. The van der Waals surface area contributed by atoms with Gasteiger partial charge >= 0.3 is 6.03 Å². The predicted molar refractivity (Wildman–Crippen MR) is 101 cm³/mol. The number of para-hydroxylation sites is 1. The molecule has 1 N–H and O–H groups in total. The first-order chi connectivity index (χ1) is 12.5. The fraction of sp³-hybridized carbons (Fsp3) is 0.316. The first-order valence-electron chi connectivity index (χ1n) is 8.43. The summed E-state index contributed by atoms with van der Waals surface area (Å²) in [7, 11) is -1.50. The van der Waals surface area contributed by atoms with Crippen LogP contribution in [0.1, 0.15) is 12.0 Å². The lowest BCUT2D eigenvalue weighted by molar-refractivity contribution is 0.190. The Bertz CT molecular complexity index is 851. The van der Waals surface area contributed by atoms with E-state index in [1.807, 2.05) is 42.5 Å². The van der Waals surface area contributed by atoms with Gasteiger partial charge in [-0.3, -0.25) is 0 Å². The van der Waals surface area contributed by atoms with E-state index in [9.17, 15) is 13.2 Å². The standard InChI is InChI=1S/C19H22N2O4S/c1-25-18-9-7-15(8-10-18)13-21(17-11-12-26(23,24)14-17)19(22)20-16-5-3-2-4-6-16/h2-10,17H,11-14H2,1H3,(H,20,22). The first-order valence-corrected chi connectivity index (χ1v) is 10.2. The summed E-state index contributed by atoms with van der Waals surface area (Å²) in [5.41, 5.74) is 1.59. The number of nitrogens with zero attached hydrogens (tertiary/aromatic N) is 1. The molecule has 1 aliphatic heterocycles. The second-order valence-electron chi connectivity index (χ2n) is 6.33. The molecule has 1 fully saturated rings. The van der Waals surface area contributed by atoms with Crippen LogP contribution >= 0.6 is 0 Å². The van der Waals surface area contributed by atoms with Crippen LogP contribution in [0.4, 0.5) is 10.5 Å². The fourth-order valence-corrected chi connectivity index (χ4v) is 4.76. The number of anilines is 1. The molecular formula is C19H22N2O4S. The number of urea groups is 1. The summed E-state index contributed by atoms with van der Waals surface area (Å²) in [6.45, 7) is 0.336. The zero-order chi connectivity index (χ0) is 18.6. The van der Waals surface area contributed by atoms with Crippen LogP contribution in [0.15, 0.2) is 54.6 Å². The van der Waals surface area contributed by atoms with Crippen molar-refractivity contribution < 1.29 is 17.9 Å². The molecule has 7 heteroatoms. The molecule has 3 rings (SSSR count). The maximum atomic E-state index is 12.8. The van der Waals surface area contributed by atoms with Gasteiger partial charge in [-0.1, -0.05) is 30.3 Å². The Hall–Kier alpha value is -2.54. The van der Waals surface area contributed by atoms with Crippen molar-refractivity contribution in [3.63, 3.8) is 0 Å². The van der Waals surface area contributed by atoms with E-state index in [-0.39, 0.29) is 23.6 Å². The monoisotopic (exact) mass is 374 g/mol. The number of carbonyl (C=O) groups is 1. The van der Waals surface area contributed by atoms with Crippen LogP contribution in [0.3, 0.4) is 0 Å². The van der Waals surface area contributed by atoms with Crippen LogP contribution in [0.25, 0.3) is 0 Å². The van der Waals surface area contributed by atoms with E-state index >= 15 is 0 Å². The van der Waals surface area contributed by atoms with Gasteiger partial charge in [0.05, 0.1) is 18.6 Å². The summed E-state index contributed by atoms with van der Waals surface area (Å²) in [4.78, 5) is 14.4. The van der Waals surface area contributed by atoms with Crippen molar-refractivity contribution >= 4 is 21.6 Å². The molecule has 6 nitrogen and oxygen atoms in total. The number of sulfone groups is 1. The van der Waals surface area contributed by atoms with Crippen molar-refractivity contribution in [2.75, 3.05) is 23.9 Å². The van der Waals surface area contributed by atoms with Crippen molar-refractivity contribution in [3.8, 4) is 5.75 Å². The molecule has 1 atom stereocenters. The number of hydrogen-bond donors (Lipinski definition) is 1. The van der Waals surface area contributed by atoms with E-state index in [1.165, 1.54) is 0 Å². The molecule has 0 aromatic heterocycles. The summed E-state index contributed by atoms with van der Waals surface area (Å²) in [6, 6.07) is 15.9. The Labute approximate surface area is 153 Å². The molecule has 1 saturated heterocycles. The smallest absolute Gasteiger partial charge is 0.322 e. The highest BCUT2D eigenvalue weighted by molar-refractivity contribution is 7.91. The molecule has 0 radical (unpaired) electrons. The van der Waals surface area contributed by atoms with Crippen LogP contribution in [0, 0.1) is 0 Å². The number of ether oxygens (including phenoxy) is 1. The normalized spacial score (nSPS) is 18.3. The molecule has 138 valence electrons. The Kier molecular flexibility index (Phi) is 5.46. The lowest BCUT2D eigenvalue weighted by Gasteiger charge is -2.28.